The van der Waals surface area contributed by atoms with Gasteiger partial charge in [-0.1, -0.05) is 12.8 Å². The van der Waals surface area contributed by atoms with Gasteiger partial charge in [0, 0.05) is 13.1 Å². The van der Waals surface area contributed by atoms with Gasteiger partial charge in [-0.3, -0.25) is 0 Å². The van der Waals surface area contributed by atoms with Gasteiger partial charge in [-0.25, -0.2) is 22.5 Å². The summed E-state index contributed by atoms with van der Waals surface area (Å²) in [5.74, 6) is 0. The number of isocyanates is 1. The van der Waals surface area contributed by atoms with Crippen molar-refractivity contribution in [2.75, 3.05) is 13.1 Å². The van der Waals surface area contributed by atoms with Crippen LogP contribution in [0.5, 0.6) is 0 Å². The number of piperidine rings is 1. The predicted octanol–water partition coefficient (Wildman–Crippen LogP) is 1.06. The second-order valence-electron chi connectivity index (χ2n) is 4.80. The van der Waals surface area contributed by atoms with Crippen molar-refractivity contribution in [2.45, 2.75) is 49.8 Å². The fraction of sp³-hybridized carbons (Fsp3) is 0.909. The van der Waals surface area contributed by atoms with Gasteiger partial charge in [0.05, 0.1) is 11.3 Å². The molecular formula is C11H18N2O3S. The quantitative estimate of drug-likeness (QED) is 0.561. The molecule has 5 nitrogen and oxygen atoms in total. The second-order valence-corrected chi connectivity index (χ2v) is 7.02. The third-order valence-electron chi connectivity index (χ3n) is 3.74. The van der Waals surface area contributed by atoms with Gasteiger partial charge < -0.3 is 0 Å². The first-order valence-corrected chi connectivity index (χ1v) is 7.71. The molecule has 1 heterocycles. The van der Waals surface area contributed by atoms with E-state index >= 15 is 0 Å². The van der Waals surface area contributed by atoms with Crippen LogP contribution >= 0.6 is 0 Å². The molecule has 1 aliphatic carbocycles. The standard InChI is InChI=1S/C11H18N2O3S/c14-9-12-10-5-7-13(8-6-10)17(15,16)11-3-1-2-4-11/h10-11H,1-8H2. The molecule has 0 bridgehead atoms. The normalized spacial score (nSPS) is 24.7. The second kappa shape index (κ2) is 5.29. The first kappa shape index (κ1) is 12.7. The topological polar surface area (TPSA) is 66.8 Å². The Morgan fingerprint density at radius 2 is 1.65 bits per heavy atom. The molecule has 2 aliphatic rings. The molecule has 1 saturated carbocycles. The molecule has 2 rings (SSSR count). The van der Waals surface area contributed by atoms with E-state index < -0.39 is 10.0 Å². The highest BCUT2D eigenvalue weighted by atomic mass is 32.2. The number of hydrogen-bond donors (Lipinski definition) is 0. The first-order chi connectivity index (χ1) is 8.14. The predicted molar refractivity (Wildman–Crippen MR) is 63.9 cm³/mol. The molecular weight excluding hydrogens is 240 g/mol. The van der Waals surface area contributed by atoms with E-state index in [1.807, 2.05) is 0 Å². The monoisotopic (exact) mass is 258 g/mol. The van der Waals surface area contributed by atoms with Gasteiger partial charge in [0.25, 0.3) is 0 Å². The van der Waals surface area contributed by atoms with E-state index in [2.05, 4.69) is 4.99 Å². The smallest absolute Gasteiger partial charge is 0.212 e. The Bertz CT molecular complexity index is 400. The zero-order valence-electron chi connectivity index (χ0n) is 9.84. The minimum absolute atomic E-state index is 0.0393. The van der Waals surface area contributed by atoms with Gasteiger partial charge in [-0.05, 0) is 25.7 Å². The Balaban J connectivity index is 1.97. The van der Waals surface area contributed by atoms with E-state index in [1.165, 1.54) is 0 Å². The summed E-state index contributed by atoms with van der Waals surface area (Å²) in [5, 5.41) is -0.173. The Kier molecular flexibility index (Phi) is 3.97. The maximum atomic E-state index is 12.3. The fourth-order valence-corrected chi connectivity index (χ4v) is 4.77. The van der Waals surface area contributed by atoms with Crippen LogP contribution in [0.1, 0.15) is 38.5 Å². The van der Waals surface area contributed by atoms with Gasteiger partial charge in [0.1, 0.15) is 0 Å². The minimum atomic E-state index is -3.11. The van der Waals surface area contributed by atoms with Crippen LogP contribution in [0, 0.1) is 0 Å². The van der Waals surface area contributed by atoms with Gasteiger partial charge in [0.2, 0.25) is 16.1 Å². The molecule has 0 N–H and O–H groups in total. The van der Waals surface area contributed by atoms with Crippen molar-refractivity contribution in [3.05, 3.63) is 0 Å². The van der Waals surface area contributed by atoms with Crippen LogP contribution in [0.4, 0.5) is 0 Å². The summed E-state index contributed by atoms with van der Waals surface area (Å²) < 4.78 is 26.1. The van der Waals surface area contributed by atoms with Crippen molar-refractivity contribution in [3.63, 3.8) is 0 Å². The SMILES string of the molecule is O=C=NC1CCN(S(=O)(=O)C2CCCC2)CC1. The third kappa shape index (κ3) is 2.76. The molecule has 0 amide bonds. The molecule has 96 valence electrons. The zero-order chi connectivity index (χ0) is 12.3. The van der Waals surface area contributed by atoms with Crippen molar-refractivity contribution in [1.29, 1.82) is 0 Å². The van der Waals surface area contributed by atoms with Crippen LogP contribution in [0.3, 0.4) is 0 Å². The third-order valence-corrected chi connectivity index (χ3v) is 6.14. The van der Waals surface area contributed by atoms with Gasteiger partial charge in [0.15, 0.2) is 0 Å². The minimum Gasteiger partial charge on any atom is -0.212 e. The fourth-order valence-electron chi connectivity index (χ4n) is 2.70. The highest BCUT2D eigenvalue weighted by molar-refractivity contribution is 7.89. The highest BCUT2D eigenvalue weighted by Gasteiger charge is 2.35. The summed E-state index contributed by atoms with van der Waals surface area (Å²) in [5.41, 5.74) is 0. The first-order valence-electron chi connectivity index (χ1n) is 6.20. The molecule has 2 fully saturated rings. The lowest BCUT2D eigenvalue weighted by Gasteiger charge is -2.30. The van der Waals surface area contributed by atoms with E-state index in [0.717, 1.165) is 25.7 Å². The van der Waals surface area contributed by atoms with Crippen molar-refractivity contribution in [1.82, 2.24) is 4.31 Å². The molecule has 0 spiro atoms. The van der Waals surface area contributed by atoms with Crippen LogP contribution in [-0.2, 0) is 14.8 Å². The van der Waals surface area contributed by atoms with Gasteiger partial charge in [-0.2, -0.15) is 0 Å². The number of sulfonamides is 1. The molecule has 0 atom stereocenters. The Labute approximate surface area is 102 Å². The van der Waals surface area contributed by atoms with E-state index in [-0.39, 0.29) is 11.3 Å². The zero-order valence-corrected chi connectivity index (χ0v) is 10.7. The van der Waals surface area contributed by atoms with Crippen LogP contribution < -0.4 is 0 Å². The molecule has 0 aromatic rings. The van der Waals surface area contributed by atoms with E-state index in [1.54, 1.807) is 10.4 Å². The number of nitrogens with zero attached hydrogens (tertiary/aromatic N) is 2. The number of rotatable bonds is 3. The van der Waals surface area contributed by atoms with Gasteiger partial charge in [-0.15, -0.1) is 0 Å². The summed E-state index contributed by atoms with van der Waals surface area (Å²) in [6.07, 6.45) is 6.48. The average Bonchev–Trinajstić information content (AvgIpc) is 2.84. The Morgan fingerprint density at radius 1 is 1.06 bits per heavy atom. The van der Waals surface area contributed by atoms with E-state index in [0.29, 0.717) is 25.9 Å². The largest absolute Gasteiger partial charge is 0.235 e. The van der Waals surface area contributed by atoms with Gasteiger partial charge >= 0.3 is 0 Å². The number of hydrogen-bond acceptors (Lipinski definition) is 4. The number of aliphatic imine (C=N–C) groups is 1. The van der Waals surface area contributed by atoms with Crippen LogP contribution in [0.25, 0.3) is 0 Å². The maximum absolute atomic E-state index is 12.3. The molecule has 0 unspecified atom stereocenters. The summed E-state index contributed by atoms with van der Waals surface area (Å²) in [4.78, 5) is 13.8. The lowest BCUT2D eigenvalue weighted by Crippen LogP contribution is -2.43. The van der Waals surface area contributed by atoms with Crippen LogP contribution in [-0.4, -0.2) is 43.2 Å². The number of carbonyl (C=O) groups excluding carboxylic acids is 1. The van der Waals surface area contributed by atoms with Crippen LogP contribution in [0.15, 0.2) is 4.99 Å². The molecule has 0 radical (unpaired) electrons. The summed E-state index contributed by atoms with van der Waals surface area (Å²) in [6, 6.07) is -0.0393. The van der Waals surface area contributed by atoms with Crippen molar-refractivity contribution >= 4 is 16.1 Å². The van der Waals surface area contributed by atoms with E-state index in [4.69, 9.17) is 0 Å². The van der Waals surface area contributed by atoms with Crippen molar-refractivity contribution < 1.29 is 13.2 Å². The molecule has 1 aliphatic heterocycles. The summed E-state index contributed by atoms with van der Waals surface area (Å²) in [6.45, 7) is 0.989. The highest BCUT2D eigenvalue weighted by Crippen LogP contribution is 2.29. The molecule has 0 aromatic heterocycles. The van der Waals surface area contributed by atoms with Crippen LogP contribution in [0.2, 0.25) is 0 Å². The van der Waals surface area contributed by atoms with Crippen molar-refractivity contribution in [3.8, 4) is 0 Å². The van der Waals surface area contributed by atoms with Crippen molar-refractivity contribution in [2.24, 2.45) is 4.99 Å². The summed E-state index contributed by atoms with van der Waals surface area (Å²) >= 11 is 0. The lowest BCUT2D eigenvalue weighted by molar-refractivity contribution is 0.317. The lowest BCUT2D eigenvalue weighted by atomic mass is 10.1. The molecule has 17 heavy (non-hydrogen) atoms. The summed E-state index contributed by atoms with van der Waals surface area (Å²) in [7, 11) is -3.11. The molecule has 6 heteroatoms. The average molecular weight is 258 g/mol. The molecule has 1 saturated heterocycles. The Morgan fingerprint density at radius 3 is 2.18 bits per heavy atom. The Hall–Kier alpha value is -0.710. The van der Waals surface area contributed by atoms with E-state index in [9.17, 15) is 13.2 Å². The maximum Gasteiger partial charge on any atom is 0.235 e. The molecule has 0 aromatic carbocycles.